The van der Waals surface area contributed by atoms with Crippen LogP contribution in [-0.2, 0) is 6.42 Å². The van der Waals surface area contributed by atoms with Crippen molar-refractivity contribution in [1.29, 1.82) is 0 Å². The summed E-state index contributed by atoms with van der Waals surface area (Å²) in [6.45, 7) is 0. The lowest BCUT2D eigenvalue weighted by Gasteiger charge is -2.14. The molecule has 0 spiro atoms. The molecule has 2 aromatic rings. The van der Waals surface area contributed by atoms with Crippen LogP contribution >= 0.6 is 15.9 Å². The molecule has 1 heterocycles. The lowest BCUT2D eigenvalue weighted by Crippen LogP contribution is -2.30. The van der Waals surface area contributed by atoms with Crippen molar-refractivity contribution >= 4 is 15.9 Å². The van der Waals surface area contributed by atoms with E-state index in [4.69, 9.17) is 10.3 Å². The predicted molar refractivity (Wildman–Crippen MR) is 81.0 cm³/mol. The first-order valence-corrected chi connectivity index (χ1v) is 7.87. The van der Waals surface area contributed by atoms with Gasteiger partial charge in [-0.2, -0.15) is 0 Å². The van der Waals surface area contributed by atoms with Crippen LogP contribution in [0.2, 0.25) is 0 Å². The number of rotatable bonds is 3. The zero-order valence-electron chi connectivity index (χ0n) is 11.1. The van der Waals surface area contributed by atoms with Gasteiger partial charge in [0.1, 0.15) is 5.76 Å². The second-order valence-corrected chi connectivity index (χ2v) is 6.64. The lowest BCUT2D eigenvalue weighted by atomic mass is 9.92. The Morgan fingerprint density at radius 2 is 2.15 bits per heavy atom. The number of nitrogens with one attached hydrogen (secondary N) is 1. The van der Waals surface area contributed by atoms with Crippen molar-refractivity contribution in [1.82, 2.24) is 5.43 Å². The monoisotopic (exact) mass is 332 g/mol. The molecule has 1 saturated carbocycles. The number of hydrazine groups is 1. The molecule has 4 heteroatoms. The molecule has 0 aliphatic heterocycles. The molecule has 0 radical (unpaired) electrons. The molecule has 20 heavy (non-hydrogen) atoms. The van der Waals surface area contributed by atoms with Crippen molar-refractivity contribution < 1.29 is 4.42 Å². The van der Waals surface area contributed by atoms with Gasteiger partial charge in [-0.05, 0) is 63.7 Å². The molecule has 3 N–H and O–H groups in total. The highest BCUT2D eigenvalue weighted by Crippen LogP contribution is 2.64. The number of fused-ring (bicyclic) bond motifs is 3. The van der Waals surface area contributed by atoms with Gasteiger partial charge >= 0.3 is 0 Å². The van der Waals surface area contributed by atoms with E-state index in [0.29, 0.717) is 11.8 Å². The maximum absolute atomic E-state index is 5.82. The fourth-order valence-electron chi connectivity index (χ4n) is 3.96. The van der Waals surface area contributed by atoms with E-state index in [9.17, 15) is 0 Å². The summed E-state index contributed by atoms with van der Waals surface area (Å²) < 4.78 is 6.62. The van der Waals surface area contributed by atoms with Crippen LogP contribution in [0.15, 0.2) is 45.5 Å². The Morgan fingerprint density at radius 3 is 2.90 bits per heavy atom. The van der Waals surface area contributed by atoms with Crippen molar-refractivity contribution in [3.05, 3.63) is 58.0 Å². The third-order valence-corrected chi connectivity index (χ3v) is 5.54. The van der Waals surface area contributed by atoms with Gasteiger partial charge in [-0.25, -0.2) is 5.43 Å². The van der Waals surface area contributed by atoms with E-state index in [1.807, 2.05) is 6.07 Å². The molecule has 0 saturated heterocycles. The number of hydrogen-bond acceptors (Lipinski definition) is 3. The fourth-order valence-corrected chi connectivity index (χ4v) is 4.41. The quantitative estimate of drug-likeness (QED) is 0.667. The zero-order valence-corrected chi connectivity index (χ0v) is 12.6. The predicted octanol–water partition coefficient (Wildman–Crippen LogP) is 3.52. The van der Waals surface area contributed by atoms with E-state index in [2.05, 4.69) is 45.6 Å². The largest absolute Gasteiger partial charge is 0.466 e. The first-order chi connectivity index (χ1) is 9.81. The molecule has 1 aromatic heterocycles. The van der Waals surface area contributed by atoms with Gasteiger partial charge in [-0.3, -0.25) is 5.84 Å². The van der Waals surface area contributed by atoms with Gasteiger partial charge in [0.25, 0.3) is 0 Å². The maximum Gasteiger partial charge on any atom is 0.136 e. The summed E-state index contributed by atoms with van der Waals surface area (Å²) in [5.41, 5.74) is 5.99. The van der Waals surface area contributed by atoms with Crippen molar-refractivity contribution in [3.8, 4) is 0 Å². The fraction of sp³-hybridized carbons (Fsp3) is 0.375. The van der Waals surface area contributed by atoms with Gasteiger partial charge in [-0.1, -0.05) is 24.3 Å². The highest BCUT2D eigenvalue weighted by atomic mass is 79.9. The molecular weight excluding hydrogens is 316 g/mol. The Hall–Kier alpha value is -1.10. The molecule has 4 unspecified atom stereocenters. The van der Waals surface area contributed by atoms with E-state index in [-0.39, 0.29) is 6.04 Å². The van der Waals surface area contributed by atoms with Crippen LogP contribution in [0, 0.1) is 11.8 Å². The second-order valence-electron chi connectivity index (χ2n) is 5.78. The minimum atomic E-state index is 0.0838. The van der Waals surface area contributed by atoms with E-state index >= 15 is 0 Å². The summed E-state index contributed by atoms with van der Waals surface area (Å²) in [5, 5.41) is 0. The average Bonchev–Trinajstić information content (AvgIpc) is 3.06. The molecule has 3 nitrogen and oxygen atoms in total. The van der Waals surface area contributed by atoms with Crippen molar-refractivity contribution in [2.75, 3.05) is 0 Å². The van der Waals surface area contributed by atoms with Crippen molar-refractivity contribution in [2.45, 2.75) is 24.8 Å². The van der Waals surface area contributed by atoms with Gasteiger partial charge in [0.2, 0.25) is 0 Å². The van der Waals surface area contributed by atoms with Gasteiger partial charge in [-0.15, -0.1) is 0 Å². The standard InChI is InChI=1S/C16H17BrN2O/c17-12-7-8-20-16(12)15(19-18)14-11-6-5-9-3-1-2-4-10(9)13(11)14/h1-4,7-8,11,13-15,19H,5-6,18H2. The minimum Gasteiger partial charge on any atom is -0.466 e. The number of nitrogens with two attached hydrogens (primary N) is 1. The highest BCUT2D eigenvalue weighted by Gasteiger charge is 2.57. The molecule has 4 rings (SSSR count). The summed E-state index contributed by atoms with van der Waals surface area (Å²) >= 11 is 3.55. The molecule has 2 aliphatic carbocycles. The maximum atomic E-state index is 5.82. The topological polar surface area (TPSA) is 51.2 Å². The Bertz CT molecular complexity index is 639. The van der Waals surface area contributed by atoms with E-state index in [0.717, 1.165) is 16.2 Å². The van der Waals surface area contributed by atoms with Gasteiger partial charge in [0.05, 0.1) is 16.8 Å². The van der Waals surface area contributed by atoms with Crippen LogP contribution in [0.5, 0.6) is 0 Å². The van der Waals surface area contributed by atoms with Crippen LogP contribution < -0.4 is 11.3 Å². The Labute approximate surface area is 126 Å². The van der Waals surface area contributed by atoms with E-state index < -0.39 is 0 Å². The molecule has 1 fully saturated rings. The molecule has 1 aromatic carbocycles. The van der Waals surface area contributed by atoms with E-state index in [1.165, 1.54) is 24.0 Å². The van der Waals surface area contributed by atoms with Crippen LogP contribution in [-0.4, -0.2) is 0 Å². The highest BCUT2D eigenvalue weighted by molar-refractivity contribution is 9.10. The Morgan fingerprint density at radius 1 is 1.30 bits per heavy atom. The Balaban J connectivity index is 1.67. The SMILES string of the molecule is NNC(c1occc1Br)C1C2CCc3ccccc3C21. The normalized spacial score (nSPS) is 28.6. The van der Waals surface area contributed by atoms with Crippen LogP contribution in [0.3, 0.4) is 0 Å². The molecule has 0 bridgehead atoms. The first kappa shape index (κ1) is 12.6. The summed E-state index contributed by atoms with van der Waals surface area (Å²) in [4.78, 5) is 0. The number of aryl methyl sites for hydroxylation is 1. The van der Waals surface area contributed by atoms with Gasteiger partial charge in [0, 0.05) is 0 Å². The third-order valence-electron chi connectivity index (χ3n) is 4.88. The lowest BCUT2D eigenvalue weighted by molar-refractivity contribution is 0.369. The van der Waals surface area contributed by atoms with Gasteiger partial charge < -0.3 is 4.42 Å². The van der Waals surface area contributed by atoms with E-state index in [1.54, 1.807) is 6.26 Å². The molecule has 104 valence electrons. The number of halogens is 1. The smallest absolute Gasteiger partial charge is 0.136 e. The average molecular weight is 333 g/mol. The summed E-state index contributed by atoms with van der Waals surface area (Å²) in [5.74, 6) is 8.62. The summed E-state index contributed by atoms with van der Waals surface area (Å²) in [6.07, 6.45) is 4.15. The minimum absolute atomic E-state index is 0.0838. The van der Waals surface area contributed by atoms with Gasteiger partial charge in [0.15, 0.2) is 0 Å². The summed E-state index contributed by atoms with van der Waals surface area (Å²) in [7, 11) is 0. The second kappa shape index (κ2) is 4.72. The molecule has 4 atom stereocenters. The van der Waals surface area contributed by atoms with Crippen molar-refractivity contribution in [2.24, 2.45) is 17.7 Å². The number of benzene rings is 1. The number of hydrogen-bond donors (Lipinski definition) is 2. The number of furan rings is 1. The van der Waals surface area contributed by atoms with Crippen LogP contribution in [0.1, 0.15) is 35.3 Å². The summed E-state index contributed by atoms with van der Waals surface area (Å²) in [6, 6.07) is 10.8. The molecular formula is C16H17BrN2O. The molecule has 0 amide bonds. The zero-order chi connectivity index (χ0) is 13.7. The van der Waals surface area contributed by atoms with Crippen LogP contribution in [0.4, 0.5) is 0 Å². The third kappa shape index (κ3) is 1.79. The first-order valence-electron chi connectivity index (χ1n) is 7.08. The van der Waals surface area contributed by atoms with Crippen LogP contribution in [0.25, 0.3) is 0 Å². The Kier molecular flexibility index (Phi) is 2.98. The van der Waals surface area contributed by atoms with Crippen molar-refractivity contribution in [3.63, 3.8) is 0 Å². The molecule has 2 aliphatic rings.